The highest BCUT2D eigenvalue weighted by atomic mass is 32.2. The van der Waals surface area contributed by atoms with Crippen LogP contribution in [0.2, 0.25) is 0 Å². The average molecular weight is 371 g/mol. The number of nitrogens with zero attached hydrogens (tertiary/aromatic N) is 2. The van der Waals surface area contributed by atoms with Crippen LogP contribution in [0.25, 0.3) is 0 Å². The first-order chi connectivity index (χ1) is 11.7. The highest BCUT2D eigenvalue weighted by molar-refractivity contribution is 7.89. The first-order valence-corrected chi connectivity index (χ1v) is 9.02. The molecule has 1 aliphatic heterocycles. The molecule has 0 aromatic heterocycles. The molecule has 0 bridgehead atoms. The Kier molecular flexibility index (Phi) is 5.98. The van der Waals surface area contributed by atoms with Gasteiger partial charge in [0.05, 0.1) is 29.4 Å². The number of sulfonamides is 1. The number of hydrogen-bond acceptors (Lipinski definition) is 7. The maximum absolute atomic E-state index is 12.4. The quantitative estimate of drug-likeness (QED) is 0.664. The second kappa shape index (κ2) is 7.81. The van der Waals surface area contributed by atoms with Gasteiger partial charge in [0.2, 0.25) is 10.0 Å². The number of hydrogen-bond donors (Lipinski definition) is 1. The lowest BCUT2D eigenvalue weighted by Crippen LogP contribution is -2.37. The molecular formula is C15H21N3O6S. The largest absolute Gasteiger partial charge is 0.452 e. The number of carbonyl (C=O) groups is 2. The first-order valence-electron chi connectivity index (χ1n) is 7.58. The van der Waals surface area contributed by atoms with Crippen LogP contribution in [-0.4, -0.2) is 71.6 Å². The van der Waals surface area contributed by atoms with E-state index < -0.39 is 28.5 Å². The van der Waals surface area contributed by atoms with E-state index in [4.69, 9.17) is 15.2 Å². The summed E-state index contributed by atoms with van der Waals surface area (Å²) < 4.78 is 35.9. The van der Waals surface area contributed by atoms with Gasteiger partial charge in [-0.1, -0.05) is 0 Å². The predicted molar refractivity (Wildman–Crippen MR) is 89.8 cm³/mol. The Balaban J connectivity index is 2.44. The van der Waals surface area contributed by atoms with E-state index in [1.54, 1.807) is 6.07 Å². The number of anilines is 1. The van der Waals surface area contributed by atoms with E-state index in [0.29, 0.717) is 32.0 Å². The zero-order valence-electron chi connectivity index (χ0n) is 14.1. The highest BCUT2D eigenvalue weighted by Gasteiger charge is 2.25. The third-order valence-corrected chi connectivity index (χ3v) is 5.47. The summed E-state index contributed by atoms with van der Waals surface area (Å²) in [7, 11) is -0.923. The van der Waals surface area contributed by atoms with Gasteiger partial charge >= 0.3 is 5.97 Å². The first kappa shape index (κ1) is 19.2. The van der Waals surface area contributed by atoms with Gasteiger partial charge in [0.15, 0.2) is 6.61 Å². The Morgan fingerprint density at radius 2 is 1.92 bits per heavy atom. The number of rotatable bonds is 6. The van der Waals surface area contributed by atoms with Crippen molar-refractivity contribution in [3.05, 3.63) is 23.8 Å². The normalized spacial score (nSPS) is 15.2. The molecule has 25 heavy (non-hydrogen) atoms. The van der Waals surface area contributed by atoms with Crippen LogP contribution < -0.4 is 10.6 Å². The third kappa shape index (κ3) is 4.47. The van der Waals surface area contributed by atoms with Crippen molar-refractivity contribution in [1.82, 2.24) is 4.31 Å². The number of morpholine rings is 1. The van der Waals surface area contributed by atoms with Gasteiger partial charge < -0.3 is 20.1 Å². The Labute approximate surface area is 146 Å². The van der Waals surface area contributed by atoms with E-state index >= 15 is 0 Å². The summed E-state index contributed by atoms with van der Waals surface area (Å²) in [6, 6.07) is 4.25. The van der Waals surface area contributed by atoms with Gasteiger partial charge in [-0.05, 0) is 18.2 Å². The molecule has 1 aromatic rings. The van der Waals surface area contributed by atoms with Crippen LogP contribution in [0.5, 0.6) is 0 Å². The van der Waals surface area contributed by atoms with E-state index in [2.05, 4.69) is 0 Å². The molecule has 2 N–H and O–H groups in total. The Morgan fingerprint density at radius 3 is 2.48 bits per heavy atom. The minimum absolute atomic E-state index is 0.0412. The Morgan fingerprint density at radius 1 is 1.28 bits per heavy atom. The van der Waals surface area contributed by atoms with Gasteiger partial charge in [0, 0.05) is 27.2 Å². The van der Waals surface area contributed by atoms with Gasteiger partial charge in [-0.2, -0.15) is 0 Å². The molecule has 0 unspecified atom stereocenters. The minimum Gasteiger partial charge on any atom is -0.452 e. The number of nitrogens with two attached hydrogens (primary N) is 1. The topological polar surface area (TPSA) is 119 Å². The molecule has 1 aromatic carbocycles. The van der Waals surface area contributed by atoms with Crippen LogP contribution in [0.3, 0.4) is 0 Å². The summed E-state index contributed by atoms with van der Waals surface area (Å²) in [4.78, 5) is 25.1. The SMILES string of the molecule is CN(C)S(=O)(=O)c1ccc(N2CCOCC2)c(C(=O)OCC(N)=O)c1. The molecule has 0 saturated carbocycles. The lowest BCUT2D eigenvalue weighted by Gasteiger charge is -2.30. The molecule has 0 spiro atoms. The molecule has 1 aliphatic rings. The molecular weight excluding hydrogens is 350 g/mol. The number of amides is 1. The van der Waals surface area contributed by atoms with E-state index in [9.17, 15) is 18.0 Å². The number of esters is 1. The van der Waals surface area contributed by atoms with Crippen LogP contribution in [0, 0.1) is 0 Å². The molecule has 1 fully saturated rings. The molecule has 0 aliphatic carbocycles. The van der Waals surface area contributed by atoms with Gasteiger partial charge in [-0.15, -0.1) is 0 Å². The van der Waals surface area contributed by atoms with E-state index in [0.717, 1.165) is 4.31 Å². The standard InChI is InChI=1S/C15H21N3O6S/c1-17(2)25(21,22)11-3-4-13(18-5-7-23-8-6-18)12(9-11)15(20)24-10-14(16)19/h3-4,9H,5-8,10H2,1-2H3,(H2,16,19). The van der Waals surface area contributed by atoms with Crippen molar-refractivity contribution >= 4 is 27.6 Å². The van der Waals surface area contributed by atoms with Crippen molar-refractivity contribution in [3.8, 4) is 0 Å². The van der Waals surface area contributed by atoms with Crippen LogP contribution in [0.1, 0.15) is 10.4 Å². The van der Waals surface area contributed by atoms with E-state index in [1.807, 2.05) is 4.90 Å². The van der Waals surface area contributed by atoms with Crippen molar-refractivity contribution in [2.45, 2.75) is 4.90 Å². The fourth-order valence-electron chi connectivity index (χ4n) is 2.34. The zero-order chi connectivity index (χ0) is 18.6. The molecule has 2 rings (SSSR count). The Hall–Kier alpha value is -2.17. The number of ether oxygens (including phenoxy) is 2. The molecule has 10 heteroatoms. The molecule has 9 nitrogen and oxygen atoms in total. The summed E-state index contributed by atoms with van der Waals surface area (Å²) in [5, 5.41) is 0. The lowest BCUT2D eigenvalue weighted by atomic mass is 10.1. The lowest BCUT2D eigenvalue weighted by molar-refractivity contribution is -0.121. The number of primary amides is 1. The highest BCUT2D eigenvalue weighted by Crippen LogP contribution is 2.27. The van der Waals surface area contributed by atoms with Crippen molar-refractivity contribution in [1.29, 1.82) is 0 Å². The second-order valence-corrected chi connectivity index (χ2v) is 7.76. The van der Waals surface area contributed by atoms with Crippen molar-refractivity contribution in [2.75, 3.05) is 51.9 Å². The minimum atomic E-state index is -3.72. The maximum Gasteiger partial charge on any atom is 0.340 e. The summed E-state index contributed by atoms with van der Waals surface area (Å²) in [6.45, 7) is 1.51. The van der Waals surface area contributed by atoms with E-state index in [-0.39, 0.29) is 10.5 Å². The van der Waals surface area contributed by atoms with Crippen LogP contribution in [-0.2, 0) is 24.3 Å². The summed E-state index contributed by atoms with van der Waals surface area (Å²) in [5.74, 6) is -1.60. The van der Waals surface area contributed by atoms with Crippen LogP contribution >= 0.6 is 0 Å². The number of carbonyl (C=O) groups excluding carboxylic acids is 2. The molecule has 1 amide bonds. The van der Waals surface area contributed by atoms with E-state index in [1.165, 1.54) is 26.2 Å². The fourth-order valence-corrected chi connectivity index (χ4v) is 3.27. The average Bonchev–Trinajstić information content (AvgIpc) is 2.59. The summed E-state index contributed by atoms with van der Waals surface area (Å²) >= 11 is 0. The monoisotopic (exact) mass is 371 g/mol. The number of benzene rings is 1. The molecule has 138 valence electrons. The van der Waals surface area contributed by atoms with Gasteiger partial charge in [0.25, 0.3) is 5.91 Å². The molecule has 1 heterocycles. The maximum atomic E-state index is 12.4. The van der Waals surface area contributed by atoms with Crippen LogP contribution in [0.4, 0.5) is 5.69 Å². The second-order valence-electron chi connectivity index (χ2n) is 5.61. The molecule has 1 saturated heterocycles. The predicted octanol–water partition coefficient (Wildman–Crippen LogP) is -0.584. The van der Waals surface area contributed by atoms with Gasteiger partial charge in [-0.3, -0.25) is 4.79 Å². The smallest absolute Gasteiger partial charge is 0.340 e. The molecule has 0 atom stereocenters. The van der Waals surface area contributed by atoms with Crippen LogP contribution in [0.15, 0.2) is 23.1 Å². The summed E-state index contributed by atoms with van der Waals surface area (Å²) in [6.07, 6.45) is 0. The fraction of sp³-hybridized carbons (Fsp3) is 0.467. The molecule has 0 radical (unpaired) electrons. The van der Waals surface area contributed by atoms with Crippen molar-refractivity contribution in [3.63, 3.8) is 0 Å². The van der Waals surface area contributed by atoms with Gasteiger partial charge in [0.1, 0.15) is 0 Å². The zero-order valence-corrected chi connectivity index (χ0v) is 14.9. The Bertz CT molecular complexity index is 757. The third-order valence-electron chi connectivity index (χ3n) is 3.66. The van der Waals surface area contributed by atoms with Gasteiger partial charge in [-0.25, -0.2) is 17.5 Å². The van der Waals surface area contributed by atoms with Crippen molar-refractivity contribution in [2.24, 2.45) is 5.73 Å². The summed E-state index contributed by atoms with van der Waals surface area (Å²) in [5.41, 5.74) is 5.58. The van der Waals surface area contributed by atoms with Crippen molar-refractivity contribution < 1.29 is 27.5 Å².